The third kappa shape index (κ3) is 4.22. The van der Waals surface area contributed by atoms with Crippen LogP contribution in [0.4, 0.5) is 24.5 Å². The van der Waals surface area contributed by atoms with Crippen LogP contribution in [0.25, 0.3) is 0 Å². The maximum absolute atomic E-state index is 13.4. The molecule has 0 heterocycles. The highest BCUT2D eigenvalue weighted by Gasteiger charge is 2.11. The fraction of sp³-hybridized carbons (Fsp3) is 0.0667. The number of anilines is 2. The van der Waals surface area contributed by atoms with Gasteiger partial charge in [0, 0.05) is 11.8 Å². The van der Waals surface area contributed by atoms with E-state index in [1.165, 1.54) is 6.07 Å². The highest BCUT2D eigenvalue weighted by molar-refractivity contribution is 5.95. The Morgan fingerprint density at radius 2 is 1.70 bits per heavy atom. The summed E-state index contributed by atoms with van der Waals surface area (Å²) in [6, 6.07) is 6.12. The SMILES string of the molecule is NC(=O)c1cc(NCC(=O)Nc2cc(F)ccc2F)ccc1F. The van der Waals surface area contributed by atoms with Crippen LogP contribution in [0, 0.1) is 17.5 Å². The largest absolute Gasteiger partial charge is 0.376 e. The van der Waals surface area contributed by atoms with Gasteiger partial charge in [-0.15, -0.1) is 0 Å². The Hall–Kier alpha value is -3.03. The first-order valence-corrected chi connectivity index (χ1v) is 6.45. The van der Waals surface area contributed by atoms with Gasteiger partial charge in [-0.2, -0.15) is 0 Å². The van der Waals surface area contributed by atoms with Crippen molar-refractivity contribution in [1.82, 2.24) is 0 Å². The first-order chi connectivity index (χ1) is 10.9. The number of amides is 2. The maximum atomic E-state index is 13.4. The van der Waals surface area contributed by atoms with Crippen LogP contribution >= 0.6 is 0 Å². The molecule has 0 saturated carbocycles. The predicted octanol–water partition coefficient (Wildman–Crippen LogP) is 2.25. The van der Waals surface area contributed by atoms with E-state index in [9.17, 15) is 22.8 Å². The molecule has 0 unspecified atom stereocenters. The minimum atomic E-state index is -0.947. The summed E-state index contributed by atoms with van der Waals surface area (Å²) in [7, 11) is 0. The van der Waals surface area contributed by atoms with E-state index in [4.69, 9.17) is 5.73 Å². The number of primary amides is 1. The Balaban J connectivity index is 2.01. The monoisotopic (exact) mass is 323 g/mol. The number of benzene rings is 2. The van der Waals surface area contributed by atoms with E-state index in [0.717, 1.165) is 30.3 Å². The van der Waals surface area contributed by atoms with Gasteiger partial charge in [0.05, 0.1) is 17.8 Å². The van der Waals surface area contributed by atoms with E-state index in [-0.39, 0.29) is 23.5 Å². The summed E-state index contributed by atoms with van der Waals surface area (Å²) in [5, 5.41) is 4.81. The molecule has 0 aliphatic rings. The number of nitrogens with two attached hydrogens (primary N) is 1. The average Bonchev–Trinajstić information content (AvgIpc) is 2.50. The average molecular weight is 323 g/mol. The van der Waals surface area contributed by atoms with E-state index in [1.54, 1.807) is 0 Å². The quantitative estimate of drug-likeness (QED) is 0.789. The van der Waals surface area contributed by atoms with Crippen LogP contribution in [0.1, 0.15) is 10.4 Å². The van der Waals surface area contributed by atoms with Gasteiger partial charge >= 0.3 is 0 Å². The molecule has 2 rings (SSSR count). The van der Waals surface area contributed by atoms with E-state index in [1.807, 2.05) is 0 Å². The summed E-state index contributed by atoms with van der Waals surface area (Å²) in [6.45, 7) is -0.306. The van der Waals surface area contributed by atoms with Gasteiger partial charge in [0.15, 0.2) is 0 Å². The van der Waals surface area contributed by atoms with Gasteiger partial charge in [-0.1, -0.05) is 0 Å². The minimum Gasteiger partial charge on any atom is -0.376 e. The third-order valence-electron chi connectivity index (χ3n) is 2.89. The molecule has 0 aliphatic carbocycles. The third-order valence-corrected chi connectivity index (χ3v) is 2.89. The maximum Gasteiger partial charge on any atom is 0.251 e. The Bertz CT molecular complexity index is 766. The highest BCUT2D eigenvalue weighted by atomic mass is 19.1. The molecule has 0 spiro atoms. The van der Waals surface area contributed by atoms with Crippen LogP contribution in [0.3, 0.4) is 0 Å². The molecule has 2 aromatic rings. The van der Waals surface area contributed by atoms with Crippen LogP contribution in [0.5, 0.6) is 0 Å². The van der Waals surface area contributed by atoms with Gasteiger partial charge in [-0.3, -0.25) is 9.59 Å². The van der Waals surface area contributed by atoms with Crippen LogP contribution < -0.4 is 16.4 Å². The van der Waals surface area contributed by atoms with Gasteiger partial charge in [-0.25, -0.2) is 13.2 Å². The summed E-state index contributed by atoms with van der Waals surface area (Å²) in [5.41, 5.74) is 4.66. The summed E-state index contributed by atoms with van der Waals surface area (Å²) in [5.74, 6) is -3.86. The van der Waals surface area contributed by atoms with Crippen LogP contribution in [-0.2, 0) is 4.79 Å². The van der Waals surface area contributed by atoms with Crippen molar-refractivity contribution in [3.05, 3.63) is 59.4 Å². The lowest BCUT2D eigenvalue weighted by Crippen LogP contribution is -2.22. The van der Waals surface area contributed by atoms with Crippen LogP contribution in [0.15, 0.2) is 36.4 Å². The second-order valence-electron chi connectivity index (χ2n) is 4.58. The number of hydrogen-bond acceptors (Lipinski definition) is 3. The number of carbonyl (C=O) groups excluding carboxylic acids is 2. The normalized spacial score (nSPS) is 10.2. The first kappa shape index (κ1) is 16.3. The Morgan fingerprint density at radius 1 is 1.00 bits per heavy atom. The Labute approximate surface area is 129 Å². The second-order valence-corrected chi connectivity index (χ2v) is 4.58. The van der Waals surface area contributed by atoms with Crippen molar-refractivity contribution < 1.29 is 22.8 Å². The summed E-state index contributed by atoms with van der Waals surface area (Å²) in [6.07, 6.45) is 0. The molecule has 0 aliphatic heterocycles. The van der Waals surface area contributed by atoms with Crippen molar-refractivity contribution in [3.63, 3.8) is 0 Å². The molecule has 8 heteroatoms. The van der Waals surface area contributed by atoms with E-state index in [2.05, 4.69) is 10.6 Å². The van der Waals surface area contributed by atoms with E-state index in [0.29, 0.717) is 0 Å². The molecule has 5 nitrogen and oxygen atoms in total. The van der Waals surface area contributed by atoms with Crippen molar-refractivity contribution in [2.45, 2.75) is 0 Å². The standard InChI is InChI=1S/C15H12F3N3O2/c16-8-1-3-12(18)13(5-8)21-14(22)7-20-9-2-4-11(17)10(6-9)15(19)23/h1-6,20H,7H2,(H2,19,23)(H,21,22). The smallest absolute Gasteiger partial charge is 0.251 e. The van der Waals surface area contributed by atoms with Crippen molar-refractivity contribution in [2.24, 2.45) is 5.73 Å². The molecule has 0 fully saturated rings. The van der Waals surface area contributed by atoms with Crippen molar-refractivity contribution in [2.75, 3.05) is 17.2 Å². The highest BCUT2D eigenvalue weighted by Crippen LogP contribution is 2.16. The zero-order valence-corrected chi connectivity index (χ0v) is 11.7. The number of rotatable bonds is 5. The van der Waals surface area contributed by atoms with Gasteiger partial charge in [0.2, 0.25) is 5.91 Å². The molecule has 4 N–H and O–H groups in total. The van der Waals surface area contributed by atoms with Crippen molar-refractivity contribution >= 4 is 23.2 Å². The fourth-order valence-electron chi connectivity index (χ4n) is 1.79. The molecule has 0 aromatic heterocycles. The molecule has 0 bridgehead atoms. The van der Waals surface area contributed by atoms with Gasteiger partial charge in [0.25, 0.3) is 5.91 Å². The molecular weight excluding hydrogens is 311 g/mol. The predicted molar refractivity (Wildman–Crippen MR) is 78.4 cm³/mol. The number of carbonyl (C=O) groups is 2. The minimum absolute atomic E-state index is 0.273. The topological polar surface area (TPSA) is 84.2 Å². The lowest BCUT2D eigenvalue weighted by atomic mass is 10.2. The zero-order valence-electron chi connectivity index (χ0n) is 11.7. The zero-order chi connectivity index (χ0) is 17.0. The Morgan fingerprint density at radius 3 is 2.39 bits per heavy atom. The fourth-order valence-corrected chi connectivity index (χ4v) is 1.79. The molecule has 0 radical (unpaired) electrons. The molecule has 0 saturated heterocycles. The van der Waals surface area contributed by atoms with Gasteiger partial charge < -0.3 is 16.4 Å². The number of hydrogen-bond donors (Lipinski definition) is 3. The van der Waals surface area contributed by atoms with Gasteiger partial charge in [0.1, 0.15) is 17.5 Å². The lowest BCUT2D eigenvalue weighted by molar-refractivity contribution is -0.114. The van der Waals surface area contributed by atoms with Gasteiger partial charge in [-0.05, 0) is 30.3 Å². The number of halogens is 3. The second kappa shape index (κ2) is 6.82. The molecule has 120 valence electrons. The molecule has 0 atom stereocenters. The summed E-state index contributed by atoms with van der Waals surface area (Å²) in [4.78, 5) is 22.7. The van der Waals surface area contributed by atoms with E-state index >= 15 is 0 Å². The molecular formula is C15H12F3N3O2. The van der Waals surface area contributed by atoms with Crippen LogP contribution in [0.2, 0.25) is 0 Å². The molecule has 23 heavy (non-hydrogen) atoms. The first-order valence-electron chi connectivity index (χ1n) is 6.45. The number of nitrogens with one attached hydrogen (secondary N) is 2. The summed E-state index contributed by atoms with van der Waals surface area (Å²) >= 11 is 0. The van der Waals surface area contributed by atoms with E-state index < -0.39 is 29.3 Å². The molecule has 2 aromatic carbocycles. The van der Waals surface area contributed by atoms with Crippen LogP contribution in [-0.4, -0.2) is 18.4 Å². The van der Waals surface area contributed by atoms with Crippen molar-refractivity contribution in [3.8, 4) is 0 Å². The lowest BCUT2D eigenvalue weighted by Gasteiger charge is -2.09. The van der Waals surface area contributed by atoms with Crippen molar-refractivity contribution in [1.29, 1.82) is 0 Å². The molecule has 2 amide bonds. The summed E-state index contributed by atoms with van der Waals surface area (Å²) < 4.78 is 39.7. The Kier molecular flexibility index (Phi) is 4.85.